The van der Waals surface area contributed by atoms with Gasteiger partial charge in [0.15, 0.2) is 5.78 Å². The number of hydrogen-bond acceptors (Lipinski definition) is 4. The molecule has 0 spiro atoms. The van der Waals surface area contributed by atoms with Crippen molar-refractivity contribution in [3.8, 4) is 11.5 Å². The van der Waals surface area contributed by atoms with Gasteiger partial charge in [0.2, 0.25) is 0 Å². The number of phenols is 2. The van der Waals surface area contributed by atoms with E-state index >= 15 is 0 Å². The molecule has 0 aliphatic rings. The van der Waals surface area contributed by atoms with E-state index in [2.05, 4.69) is 0 Å². The number of aromatic hydroxyl groups is 2. The number of carbonyl (C=O) groups excluding carboxylic acids is 1. The molecule has 3 N–H and O–H groups in total. The summed E-state index contributed by atoms with van der Waals surface area (Å²) in [6.45, 7) is 0. The first-order valence-electron chi connectivity index (χ1n) is 8.38. The second-order valence-electron chi connectivity index (χ2n) is 6.26. The van der Waals surface area contributed by atoms with E-state index in [1.165, 1.54) is 36.4 Å². The van der Waals surface area contributed by atoms with Gasteiger partial charge in [-0.05, 0) is 66.1 Å². The first-order valence-corrected chi connectivity index (χ1v) is 8.38. The van der Waals surface area contributed by atoms with Gasteiger partial charge in [-0.1, -0.05) is 24.3 Å². The van der Waals surface area contributed by atoms with Crippen LogP contribution in [0.4, 0.5) is 0 Å². The lowest BCUT2D eigenvalue weighted by Crippen LogP contribution is -2.16. The SMILES string of the molecule is O=C(O)c1ccc(CC(C(=O)c2ccc(O)cc2)c2ccc(O)cc2)cc1. The number of benzene rings is 3. The quantitative estimate of drug-likeness (QED) is 0.576. The highest BCUT2D eigenvalue weighted by Crippen LogP contribution is 2.27. The Kier molecular flexibility index (Phi) is 5.22. The van der Waals surface area contributed by atoms with Gasteiger partial charge in [-0.25, -0.2) is 4.79 Å². The number of carbonyl (C=O) groups is 2. The molecule has 0 aromatic heterocycles. The first-order chi connectivity index (χ1) is 12.9. The molecule has 0 aliphatic carbocycles. The molecule has 3 rings (SSSR count). The zero-order valence-corrected chi connectivity index (χ0v) is 14.4. The van der Waals surface area contributed by atoms with Crippen molar-refractivity contribution in [1.82, 2.24) is 0 Å². The van der Waals surface area contributed by atoms with Gasteiger partial charge >= 0.3 is 5.97 Å². The average Bonchev–Trinajstić information content (AvgIpc) is 2.67. The summed E-state index contributed by atoms with van der Waals surface area (Å²) in [7, 11) is 0. The largest absolute Gasteiger partial charge is 0.508 e. The lowest BCUT2D eigenvalue weighted by Gasteiger charge is -2.17. The van der Waals surface area contributed by atoms with Crippen molar-refractivity contribution >= 4 is 11.8 Å². The lowest BCUT2D eigenvalue weighted by atomic mass is 9.85. The van der Waals surface area contributed by atoms with Gasteiger partial charge in [-0.3, -0.25) is 4.79 Å². The second kappa shape index (κ2) is 7.74. The molecular weight excluding hydrogens is 344 g/mol. The van der Waals surface area contributed by atoms with Crippen LogP contribution in [0.25, 0.3) is 0 Å². The molecule has 0 amide bonds. The summed E-state index contributed by atoms with van der Waals surface area (Å²) >= 11 is 0. The van der Waals surface area contributed by atoms with E-state index in [0.29, 0.717) is 12.0 Å². The maximum atomic E-state index is 13.1. The third kappa shape index (κ3) is 4.33. The van der Waals surface area contributed by atoms with E-state index in [1.54, 1.807) is 36.4 Å². The molecular formula is C22H18O5. The van der Waals surface area contributed by atoms with E-state index in [-0.39, 0.29) is 22.8 Å². The van der Waals surface area contributed by atoms with E-state index in [9.17, 15) is 19.8 Å². The molecule has 3 aromatic rings. The van der Waals surface area contributed by atoms with Gasteiger partial charge in [0.05, 0.1) is 11.5 Å². The van der Waals surface area contributed by atoms with Crippen LogP contribution in [-0.2, 0) is 6.42 Å². The maximum absolute atomic E-state index is 13.1. The number of Topliss-reactive ketones (excluding diaryl/α,β-unsaturated/α-hetero) is 1. The summed E-state index contributed by atoms with van der Waals surface area (Å²) in [4.78, 5) is 24.1. The molecule has 27 heavy (non-hydrogen) atoms. The first kappa shape index (κ1) is 18.2. The van der Waals surface area contributed by atoms with Crippen LogP contribution in [0.5, 0.6) is 11.5 Å². The highest BCUT2D eigenvalue weighted by molar-refractivity contribution is 6.01. The van der Waals surface area contributed by atoms with Gasteiger partial charge in [0, 0.05) is 5.56 Å². The third-order valence-corrected chi connectivity index (χ3v) is 4.40. The molecule has 0 aliphatic heterocycles. The average molecular weight is 362 g/mol. The van der Waals surface area contributed by atoms with E-state index in [0.717, 1.165) is 11.1 Å². The highest BCUT2D eigenvalue weighted by Gasteiger charge is 2.23. The highest BCUT2D eigenvalue weighted by atomic mass is 16.4. The molecule has 5 heteroatoms. The Hall–Kier alpha value is -3.60. The predicted molar refractivity (Wildman–Crippen MR) is 100 cm³/mol. The lowest BCUT2D eigenvalue weighted by molar-refractivity contribution is 0.0696. The number of rotatable bonds is 6. The molecule has 136 valence electrons. The van der Waals surface area contributed by atoms with Crippen LogP contribution in [0.1, 0.15) is 37.8 Å². The summed E-state index contributed by atoms with van der Waals surface area (Å²) < 4.78 is 0. The zero-order chi connectivity index (χ0) is 19.4. The Morgan fingerprint density at radius 1 is 0.704 bits per heavy atom. The molecule has 0 heterocycles. The molecule has 0 saturated heterocycles. The minimum atomic E-state index is -1.00. The van der Waals surface area contributed by atoms with Crippen LogP contribution in [-0.4, -0.2) is 27.1 Å². The topological polar surface area (TPSA) is 94.8 Å². The Morgan fingerprint density at radius 2 is 1.19 bits per heavy atom. The number of carboxylic acid groups (broad SMARTS) is 1. The smallest absolute Gasteiger partial charge is 0.335 e. The van der Waals surface area contributed by atoms with Gasteiger partial charge in [-0.2, -0.15) is 0 Å². The van der Waals surface area contributed by atoms with E-state index in [4.69, 9.17) is 5.11 Å². The predicted octanol–water partition coefficient (Wildman–Crippen LogP) is 4.01. The zero-order valence-electron chi connectivity index (χ0n) is 14.4. The summed E-state index contributed by atoms with van der Waals surface area (Å²) in [5, 5.41) is 28.0. The van der Waals surface area contributed by atoms with Crippen molar-refractivity contribution in [2.24, 2.45) is 0 Å². The van der Waals surface area contributed by atoms with Gasteiger partial charge in [0.25, 0.3) is 0 Å². The Morgan fingerprint density at radius 3 is 1.70 bits per heavy atom. The molecule has 1 atom stereocenters. The molecule has 0 bridgehead atoms. The molecule has 0 radical (unpaired) electrons. The third-order valence-electron chi connectivity index (χ3n) is 4.40. The fourth-order valence-corrected chi connectivity index (χ4v) is 2.91. The molecule has 1 unspecified atom stereocenters. The molecule has 5 nitrogen and oxygen atoms in total. The van der Waals surface area contributed by atoms with Gasteiger partial charge in [-0.15, -0.1) is 0 Å². The van der Waals surface area contributed by atoms with Crippen molar-refractivity contribution in [3.05, 3.63) is 95.1 Å². The summed E-state index contributed by atoms with van der Waals surface area (Å²) in [6.07, 6.45) is 0.379. The van der Waals surface area contributed by atoms with Crippen LogP contribution in [0.2, 0.25) is 0 Å². The molecule has 3 aromatic carbocycles. The number of carboxylic acids is 1. The number of hydrogen-bond donors (Lipinski definition) is 3. The Balaban J connectivity index is 1.94. The van der Waals surface area contributed by atoms with Crippen molar-refractivity contribution in [3.63, 3.8) is 0 Å². The monoisotopic (exact) mass is 362 g/mol. The fourth-order valence-electron chi connectivity index (χ4n) is 2.91. The number of phenolic OH excluding ortho intramolecular Hbond substituents is 2. The van der Waals surface area contributed by atoms with E-state index in [1.807, 2.05) is 0 Å². The summed E-state index contributed by atoms with van der Waals surface area (Å²) in [5.74, 6) is -1.44. The van der Waals surface area contributed by atoms with Crippen molar-refractivity contribution in [2.45, 2.75) is 12.3 Å². The van der Waals surface area contributed by atoms with Crippen molar-refractivity contribution < 1.29 is 24.9 Å². The summed E-state index contributed by atoms with van der Waals surface area (Å²) in [5.41, 5.74) is 2.22. The molecule has 0 saturated carbocycles. The standard InChI is InChI=1S/C22H18O5/c23-18-9-5-15(6-10-18)20(21(25)16-7-11-19(24)12-8-16)13-14-1-3-17(4-2-14)22(26)27/h1-12,20,23-24H,13H2,(H,26,27). The molecule has 0 fully saturated rings. The Bertz CT molecular complexity index is 942. The minimum Gasteiger partial charge on any atom is -0.508 e. The minimum absolute atomic E-state index is 0.0805. The number of aromatic carboxylic acids is 1. The maximum Gasteiger partial charge on any atom is 0.335 e. The number of ketones is 1. The Labute approximate surface area is 156 Å². The second-order valence-corrected chi connectivity index (χ2v) is 6.26. The van der Waals surface area contributed by atoms with Gasteiger partial charge in [0.1, 0.15) is 11.5 Å². The fraction of sp³-hybridized carbons (Fsp3) is 0.0909. The summed E-state index contributed by atoms with van der Waals surface area (Å²) in [6, 6.07) is 18.9. The van der Waals surface area contributed by atoms with Crippen molar-refractivity contribution in [1.29, 1.82) is 0 Å². The van der Waals surface area contributed by atoms with Crippen LogP contribution in [0.15, 0.2) is 72.8 Å². The van der Waals surface area contributed by atoms with Crippen LogP contribution < -0.4 is 0 Å². The van der Waals surface area contributed by atoms with E-state index < -0.39 is 11.9 Å². The van der Waals surface area contributed by atoms with Crippen LogP contribution in [0, 0.1) is 0 Å². The van der Waals surface area contributed by atoms with Crippen LogP contribution in [0.3, 0.4) is 0 Å². The van der Waals surface area contributed by atoms with Crippen LogP contribution >= 0.6 is 0 Å². The van der Waals surface area contributed by atoms with Crippen molar-refractivity contribution in [2.75, 3.05) is 0 Å². The normalized spacial score (nSPS) is 11.7. The van der Waals surface area contributed by atoms with Gasteiger partial charge < -0.3 is 15.3 Å².